The summed E-state index contributed by atoms with van der Waals surface area (Å²) in [5, 5.41) is 0. The Kier molecular flexibility index (Phi) is 5.26. The molecule has 2 N–H and O–H groups in total. The number of amides is 1. The molecule has 0 atom stereocenters. The number of nitrogens with two attached hydrogens (primary N) is 1. The van der Waals surface area contributed by atoms with Crippen molar-refractivity contribution in [2.24, 2.45) is 0 Å². The first kappa shape index (κ1) is 15.4. The first-order valence-corrected chi connectivity index (χ1v) is 6.33. The Morgan fingerprint density at radius 2 is 2.21 bits per heavy atom. The molecule has 5 nitrogen and oxygen atoms in total. The largest absolute Gasteiger partial charge is 0.384 e. The maximum Gasteiger partial charge on any atom is 0.272 e. The quantitative estimate of drug-likeness (QED) is 0.942. The molecule has 0 aliphatic heterocycles. The molecule has 0 aliphatic rings. The molecule has 0 aliphatic carbocycles. The third-order valence-corrected chi connectivity index (χ3v) is 3.48. The van der Waals surface area contributed by atoms with Crippen molar-refractivity contribution < 1.29 is 4.79 Å². The standard InChI is InChI=1S/C12H14N4OS.ClH/c1-8-10(18-7-14-8)6-16(2)12(17)9-4-3-5-11(13)15-9;/h3-5,7H,6H2,1-2H3,(H2,13,15);1H. The van der Waals surface area contributed by atoms with E-state index in [0.717, 1.165) is 10.6 Å². The van der Waals surface area contributed by atoms with Crippen molar-refractivity contribution in [2.75, 3.05) is 12.8 Å². The van der Waals surface area contributed by atoms with Gasteiger partial charge in [-0.1, -0.05) is 6.07 Å². The molecule has 2 aromatic rings. The molecule has 0 bridgehead atoms. The van der Waals surface area contributed by atoms with E-state index in [1.54, 1.807) is 47.0 Å². The summed E-state index contributed by atoms with van der Waals surface area (Å²) in [6.07, 6.45) is 0. The molecular weight excluding hydrogens is 284 g/mol. The second-order valence-corrected chi connectivity index (χ2v) is 4.91. The molecule has 0 spiro atoms. The van der Waals surface area contributed by atoms with Gasteiger partial charge in [0, 0.05) is 11.9 Å². The SMILES string of the molecule is Cc1ncsc1CN(C)C(=O)c1cccc(N)n1.Cl. The zero-order valence-electron chi connectivity index (χ0n) is 10.7. The third-order valence-electron chi connectivity index (χ3n) is 2.56. The van der Waals surface area contributed by atoms with E-state index in [9.17, 15) is 4.79 Å². The number of nitrogen functional groups attached to an aromatic ring is 1. The Morgan fingerprint density at radius 3 is 2.79 bits per heavy atom. The fraction of sp³-hybridized carbons (Fsp3) is 0.250. The minimum atomic E-state index is -0.143. The van der Waals surface area contributed by atoms with Crippen LogP contribution in [0.5, 0.6) is 0 Å². The number of aryl methyl sites for hydroxylation is 1. The molecule has 0 unspecified atom stereocenters. The lowest BCUT2D eigenvalue weighted by atomic mass is 10.3. The Labute approximate surface area is 121 Å². The first-order chi connectivity index (χ1) is 8.58. The second-order valence-electron chi connectivity index (χ2n) is 3.97. The lowest BCUT2D eigenvalue weighted by Gasteiger charge is -2.16. The monoisotopic (exact) mass is 298 g/mol. The van der Waals surface area contributed by atoms with Gasteiger partial charge in [-0.3, -0.25) is 4.79 Å². The van der Waals surface area contributed by atoms with Gasteiger partial charge in [0.1, 0.15) is 11.5 Å². The van der Waals surface area contributed by atoms with Gasteiger partial charge in [0.25, 0.3) is 5.91 Å². The van der Waals surface area contributed by atoms with Gasteiger partial charge < -0.3 is 10.6 Å². The number of nitrogens with zero attached hydrogens (tertiary/aromatic N) is 3. The molecule has 0 fully saturated rings. The molecule has 0 saturated heterocycles. The second kappa shape index (κ2) is 6.49. The van der Waals surface area contributed by atoms with Gasteiger partial charge >= 0.3 is 0 Å². The smallest absolute Gasteiger partial charge is 0.272 e. The molecule has 0 radical (unpaired) electrons. The number of thiazole rings is 1. The summed E-state index contributed by atoms with van der Waals surface area (Å²) in [4.78, 5) is 23.0. The third kappa shape index (κ3) is 3.65. The highest BCUT2D eigenvalue weighted by Gasteiger charge is 2.15. The molecule has 7 heteroatoms. The van der Waals surface area contributed by atoms with Crippen LogP contribution in [0.2, 0.25) is 0 Å². The van der Waals surface area contributed by atoms with Gasteiger partial charge in [-0.05, 0) is 19.1 Å². The van der Waals surface area contributed by atoms with Crippen LogP contribution in [0.15, 0.2) is 23.7 Å². The number of hydrogen-bond donors (Lipinski definition) is 1. The lowest BCUT2D eigenvalue weighted by molar-refractivity contribution is 0.0780. The number of carbonyl (C=O) groups excluding carboxylic acids is 1. The van der Waals surface area contributed by atoms with Gasteiger partial charge in [-0.2, -0.15) is 0 Å². The predicted octanol–water partition coefficient (Wildman–Crippen LogP) is 2.12. The number of halogens is 1. The Bertz CT molecular complexity index is 572. The molecule has 19 heavy (non-hydrogen) atoms. The molecule has 2 rings (SSSR count). The number of anilines is 1. The van der Waals surface area contributed by atoms with E-state index in [1.807, 2.05) is 6.92 Å². The summed E-state index contributed by atoms with van der Waals surface area (Å²) in [5.41, 5.74) is 8.67. The molecule has 2 aromatic heterocycles. The Hall–Kier alpha value is -1.66. The Balaban J connectivity index is 0.00000180. The molecule has 0 aromatic carbocycles. The number of hydrogen-bond acceptors (Lipinski definition) is 5. The van der Waals surface area contributed by atoms with Crippen LogP contribution in [-0.2, 0) is 6.54 Å². The topological polar surface area (TPSA) is 72.1 Å². The highest BCUT2D eigenvalue weighted by molar-refractivity contribution is 7.09. The minimum Gasteiger partial charge on any atom is -0.384 e. The average Bonchev–Trinajstić information content (AvgIpc) is 2.74. The normalized spacial score (nSPS) is 9.79. The van der Waals surface area contributed by atoms with Crippen molar-refractivity contribution in [2.45, 2.75) is 13.5 Å². The van der Waals surface area contributed by atoms with Crippen LogP contribution >= 0.6 is 23.7 Å². The predicted molar refractivity (Wildman–Crippen MR) is 78.5 cm³/mol. The number of rotatable bonds is 3. The van der Waals surface area contributed by atoms with Crippen molar-refractivity contribution >= 4 is 35.5 Å². The minimum absolute atomic E-state index is 0. The van der Waals surface area contributed by atoms with Gasteiger partial charge in [-0.25, -0.2) is 9.97 Å². The first-order valence-electron chi connectivity index (χ1n) is 5.45. The summed E-state index contributed by atoms with van der Waals surface area (Å²) in [6, 6.07) is 5.04. The summed E-state index contributed by atoms with van der Waals surface area (Å²) in [5.74, 6) is 0.207. The molecule has 102 valence electrons. The number of pyridine rings is 1. The molecular formula is C12H15ClN4OS. The van der Waals surface area contributed by atoms with E-state index >= 15 is 0 Å². The summed E-state index contributed by atoms with van der Waals surface area (Å²) in [6.45, 7) is 2.47. The van der Waals surface area contributed by atoms with E-state index < -0.39 is 0 Å². The van der Waals surface area contributed by atoms with Gasteiger partial charge in [0.05, 0.1) is 17.7 Å². The van der Waals surface area contributed by atoms with Crippen molar-refractivity contribution in [3.63, 3.8) is 0 Å². The van der Waals surface area contributed by atoms with E-state index in [-0.39, 0.29) is 18.3 Å². The summed E-state index contributed by atoms with van der Waals surface area (Å²) in [7, 11) is 1.74. The van der Waals surface area contributed by atoms with E-state index in [2.05, 4.69) is 9.97 Å². The van der Waals surface area contributed by atoms with E-state index in [0.29, 0.717) is 18.1 Å². The van der Waals surface area contributed by atoms with Crippen LogP contribution in [0.4, 0.5) is 5.82 Å². The van der Waals surface area contributed by atoms with Gasteiger partial charge in [-0.15, -0.1) is 23.7 Å². The van der Waals surface area contributed by atoms with Crippen LogP contribution in [0, 0.1) is 6.92 Å². The van der Waals surface area contributed by atoms with Crippen LogP contribution in [0.3, 0.4) is 0 Å². The van der Waals surface area contributed by atoms with Gasteiger partial charge in [0.2, 0.25) is 0 Å². The van der Waals surface area contributed by atoms with Crippen molar-refractivity contribution in [3.05, 3.63) is 40.0 Å². The highest BCUT2D eigenvalue weighted by atomic mass is 35.5. The van der Waals surface area contributed by atoms with Crippen LogP contribution in [0.1, 0.15) is 21.1 Å². The van der Waals surface area contributed by atoms with E-state index in [4.69, 9.17) is 5.73 Å². The molecule has 2 heterocycles. The van der Waals surface area contributed by atoms with Crippen LogP contribution in [0.25, 0.3) is 0 Å². The molecule has 0 saturated carbocycles. The van der Waals surface area contributed by atoms with E-state index in [1.165, 1.54) is 0 Å². The fourth-order valence-corrected chi connectivity index (χ4v) is 2.36. The maximum atomic E-state index is 12.1. The lowest BCUT2D eigenvalue weighted by Crippen LogP contribution is -2.27. The zero-order valence-corrected chi connectivity index (χ0v) is 12.3. The molecule has 1 amide bonds. The number of aromatic nitrogens is 2. The maximum absolute atomic E-state index is 12.1. The average molecular weight is 299 g/mol. The number of carbonyl (C=O) groups is 1. The van der Waals surface area contributed by atoms with Crippen LogP contribution in [-0.4, -0.2) is 27.8 Å². The summed E-state index contributed by atoms with van der Waals surface area (Å²) < 4.78 is 0. The zero-order chi connectivity index (χ0) is 13.1. The highest BCUT2D eigenvalue weighted by Crippen LogP contribution is 2.15. The van der Waals surface area contributed by atoms with Crippen LogP contribution < -0.4 is 5.73 Å². The van der Waals surface area contributed by atoms with Crippen molar-refractivity contribution in [1.82, 2.24) is 14.9 Å². The van der Waals surface area contributed by atoms with Crippen molar-refractivity contribution in [1.29, 1.82) is 0 Å². The van der Waals surface area contributed by atoms with Crippen molar-refractivity contribution in [3.8, 4) is 0 Å². The van der Waals surface area contributed by atoms with Gasteiger partial charge in [0.15, 0.2) is 0 Å². The fourth-order valence-electron chi connectivity index (χ4n) is 1.53. The Morgan fingerprint density at radius 1 is 1.47 bits per heavy atom. The summed E-state index contributed by atoms with van der Waals surface area (Å²) >= 11 is 1.54.